The van der Waals surface area contributed by atoms with Crippen LogP contribution in [0.1, 0.15) is 348 Å². The van der Waals surface area contributed by atoms with E-state index in [9.17, 15) is 14.4 Å². The van der Waals surface area contributed by atoms with Gasteiger partial charge in [-0.1, -0.05) is 330 Å². The second-order valence-corrected chi connectivity index (χ2v) is 23.4. The fourth-order valence-corrected chi connectivity index (χ4v) is 10.1. The smallest absolute Gasteiger partial charge is 0.306 e. The van der Waals surface area contributed by atoms with Crippen molar-refractivity contribution in [3.63, 3.8) is 0 Å². The molecular weight excluding hydrogens is 1010 g/mol. The molecule has 0 aromatic heterocycles. The quantitative estimate of drug-likeness (QED) is 0.0261. The van der Waals surface area contributed by atoms with Crippen LogP contribution in [0.5, 0.6) is 0 Å². The van der Waals surface area contributed by atoms with E-state index in [-0.39, 0.29) is 31.1 Å². The van der Waals surface area contributed by atoms with Gasteiger partial charge >= 0.3 is 17.9 Å². The van der Waals surface area contributed by atoms with Crippen LogP contribution in [0.3, 0.4) is 0 Å². The molecule has 0 amide bonds. The van der Waals surface area contributed by atoms with Gasteiger partial charge in [-0.25, -0.2) is 0 Å². The van der Waals surface area contributed by atoms with Gasteiger partial charge in [0, 0.05) is 19.3 Å². The minimum atomic E-state index is -0.783. The third-order valence-corrected chi connectivity index (χ3v) is 15.3. The molecule has 0 saturated carbocycles. The molecule has 6 nitrogen and oxygen atoms in total. The Balaban J connectivity index is 4.16. The molecular formula is C76H132O6. The normalized spacial score (nSPS) is 12.7. The number of allylic oxidation sites excluding steroid dienone is 16. The van der Waals surface area contributed by atoms with Crippen molar-refractivity contribution in [2.75, 3.05) is 13.2 Å². The lowest BCUT2D eigenvalue weighted by atomic mass is 10.0. The zero-order chi connectivity index (χ0) is 59.2. The zero-order valence-corrected chi connectivity index (χ0v) is 54.2. The SMILES string of the molecule is CC/C=C\C/C=C\C/C=C\C/C=C\CCCCCCCCCCCCCCCCCCCCCCC(=O)OCC(COC(=O)CCCCCCCCCCCCCC)OC(=O)CCCCCCCC/C=C\C/C=C\C/C=C\C/C=C\CC. The number of esters is 3. The molecule has 0 aromatic carbocycles. The monoisotopic (exact) mass is 1140 g/mol. The van der Waals surface area contributed by atoms with Crippen LogP contribution in [0.2, 0.25) is 0 Å². The molecule has 0 radical (unpaired) electrons. The summed E-state index contributed by atoms with van der Waals surface area (Å²) in [6, 6.07) is 0. The van der Waals surface area contributed by atoms with Crippen LogP contribution in [0.15, 0.2) is 97.2 Å². The summed E-state index contributed by atoms with van der Waals surface area (Å²) in [6.07, 6.45) is 94.4. The van der Waals surface area contributed by atoms with Crippen LogP contribution in [0.4, 0.5) is 0 Å². The lowest BCUT2D eigenvalue weighted by Gasteiger charge is -2.18. The standard InChI is InChI=1S/C76H132O6/c1-4-7-10-13-16-19-22-25-27-29-31-32-33-34-35-36-37-38-39-40-41-42-43-44-46-47-49-51-54-57-60-63-66-69-75(78)81-72-73(71-80-74(77)68-65-62-59-56-53-24-21-18-15-12-9-6-3)82-76(79)70-67-64-61-58-55-52-50-48-45-30-28-26-23-20-17-14-11-8-5-2/h7-8,10-11,16-17,19-20,25-28,31-32,45,48,73H,4-6,9,12-15,18,21-24,29-30,33-44,46-47,49-72H2,1-3H3/b10-7-,11-8-,19-16-,20-17-,27-25-,28-26-,32-31-,48-45-. The van der Waals surface area contributed by atoms with Gasteiger partial charge in [0.15, 0.2) is 6.10 Å². The molecule has 1 atom stereocenters. The fourth-order valence-electron chi connectivity index (χ4n) is 10.1. The topological polar surface area (TPSA) is 78.9 Å². The molecule has 0 aliphatic heterocycles. The van der Waals surface area contributed by atoms with E-state index in [2.05, 4.69) is 118 Å². The first-order valence-electron chi connectivity index (χ1n) is 35.2. The molecule has 82 heavy (non-hydrogen) atoms. The van der Waals surface area contributed by atoms with E-state index in [1.807, 2.05) is 0 Å². The van der Waals surface area contributed by atoms with E-state index >= 15 is 0 Å². The number of hydrogen-bond donors (Lipinski definition) is 0. The van der Waals surface area contributed by atoms with Gasteiger partial charge in [-0.3, -0.25) is 14.4 Å². The number of carbonyl (C=O) groups is 3. The molecule has 0 aromatic rings. The van der Waals surface area contributed by atoms with Gasteiger partial charge in [0.25, 0.3) is 0 Å². The molecule has 0 heterocycles. The van der Waals surface area contributed by atoms with Gasteiger partial charge in [0.1, 0.15) is 13.2 Å². The van der Waals surface area contributed by atoms with E-state index < -0.39 is 6.10 Å². The lowest BCUT2D eigenvalue weighted by Crippen LogP contribution is -2.30. The van der Waals surface area contributed by atoms with Crippen LogP contribution in [-0.4, -0.2) is 37.2 Å². The van der Waals surface area contributed by atoms with E-state index in [0.717, 1.165) is 122 Å². The number of ether oxygens (including phenoxy) is 3. The average Bonchev–Trinajstić information content (AvgIpc) is 3.47. The zero-order valence-electron chi connectivity index (χ0n) is 54.2. The van der Waals surface area contributed by atoms with Crippen LogP contribution in [-0.2, 0) is 28.6 Å². The molecule has 0 saturated heterocycles. The Hall–Kier alpha value is -3.67. The molecule has 0 rings (SSSR count). The second kappa shape index (κ2) is 69.8. The molecule has 0 spiro atoms. The first-order chi connectivity index (χ1) is 40.5. The first-order valence-corrected chi connectivity index (χ1v) is 35.2. The summed E-state index contributed by atoms with van der Waals surface area (Å²) < 4.78 is 17.0. The van der Waals surface area contributed by atoms with Crippen molar-refractivity contribution < 1.29 is 28.6 Å². The van der Waals surface area contributed by atoms with Gasteiger partial charge in [-0.05, 0) is 96.3 Å². The van der Waals surface area contributed by atoms with Crippen molar-refractivity contribution in [1.82, 2.24) is 0 Å². The molecule has 0 aliphatic rings. The molecule has 0 fully saturated rings. The maximum atomic E-state index is 12.9. The predicted molar refractivity (Wildman–Crippen MR) is 357 cm³/mol. The maximum Gasteiger partial charge on any atom is 0.306 e. The largest absolute Gasteiger partial charge is 0.462 e. The van der Waals surface area contributed by atoms with Crippen molar-refractivity contribution in [2.45, 2.75) is 354 Å². The molecule has 0 N–H and O–H groups in total. The van der Waals surface area contributed by atoms with Crippen molar-refractivity contribution >= 4 is 17.9 Å². The Bertz CT molecular complexity index is 1590. The fraction of sp³-hybridized carbons (Fsp3) is 0.750. The number of hydrogen-bond acceptors (Lipinski definition) is 6. The highest BCUT2D eigenvalue weighted by Gasteiger charge is 2.19. The van der Waals surface area contributed by atoms with E-state index in [0.29, 0.717) is 19.3 Å². The summed E-state index contributed by atoms with van der Waals surface area (Å²) in [5.41, 5.74) is 0. The summed E-state index contributed by atoms with van der Waals surface area (Å²) in [4.78, 5) is 38.4. The summed E-state index contributed by atoms with van der Waals surface area (Å²) in [6.45, 7) is 6.44. The summed E-state index contributed by atoms with van der Waals surface area (Å²) in [7, 11) is 0. The van der Waals surface area contributed by atoms with Crippen molar-refractivity contribution in [1.29, 1.82) is 0 Å². The highest BCUT2D eigenvalue weighted by atomic mass is 16.6. The molecule has 6 heteroatoms. The first kappa shape index (κ1) is 78.3. The Morgan fingerprint density at radius 3 is 0.744 bits per heavy atom. The van der Waals surface area contributed by atoms with Gasteiger partial charge in [-0.15, -0.1) is 0 Å². The number of unbranched alkanes of at least 4 members (excludes halogenated alkanes) is 37. The predicted octanol–water partition coefficient (Wildman–Crippen LogP) is 24.4. The van der Waals surface area contributed by atoms with Crippen LogP contribution in [0.25, 0.3) is 0 Å². The summed E-state index contributed by atoms with van der Waals surface area (Å²) in [5.74, 6) is -0.874. The number of carbonyl (C=O) groups excluding carboxylic acids is 3. The van der Waals surface area contributed by atoms with Gasteiger partial charge in [0.05, 0.1) is 0 Å². The third-order valence-electron chi connectivity index (χ3n) is 15.3. The minimum absolute atomic E-state index is 0.0781. The third kappa shape index (κ3) is 67.1. The van der Waals surface area contributed by atoms with Crippen molar-refractivity contribution in [3.8, 4) is 0 Å². The maximum absolute atomic E-state index is 12.9. The number of rotatable bonds is 64. The van der Waals surface area contributed by atoms with Crippen molar-refractivity contribution in [2.24, 2.45) is 0 Å². The summed E-state index contributed by atoms with van der Waals surface area (Å²) in [5, 5.41) is 0. The Kier molecular flexibility index (Phi) is 66.7. The Morgan fingerprint density at radius 1 is 0.256 bits per heavy atom. The highest BCUT2D eigenvalue weighted by molar-refractivity contribution is 5.71. The van der Waals surface area contributed by atoms with E-state index in [4.69, 9.17) is 14.2 Å². The Morgan fingerprint density at radius 2 is 0.476 bits per heavy atom. The Labute approximate surface area is 508 Å². The lowest BCUT2D eigenvalue weighted by molar-refractivity contribution is -0.167. The highest BCUT2D eigenvalue weighted by Crippen LogP contribution is 2.18. The molecule has 0 bridgehead atoms. The average molecular weight is 1140 g/mol. The molecule has 0 aliphatic carbocycles. The van der Waals surface area contributed by atoms with Gasteiger partial charge < -0.3 is 14.2 Å². The van der Waals surface area contributed by atoms with E-state index in [1.54, 1.807) is 0 Å². The van der Waals surface area contributed by atoms with Gasteiger partial charge in [-0.2, -0.15) is 0 Å². The van der Waals surface area contributed by atoms with Crippen LogP contribution in [0, 0.1) is 0 Å². The molecule has 472 valence electrons. The van der Waals surface area contributed by atoms with Crippen molar-refractivity contribution in [3.05, 3.63) is 97.2 Å². The van der Waals surface area contributed by atoms with Crippen LogP contribution >= 0.6 is 0 Å². The molecule has 1 unspecified atom stereocenters. The van der Waals surface area contributed by atoms with Gasteiger partial charge in [0.2, 0.25) is 0 Å². The van der Waals surface area contributed by atoms with E-state index in [1.165, 1.54) is 186 Å². The van der Waals surface area contributed by atoms with Crippen LogP contribution < -0.4 is 0 Å². The second-order valence-electron chi connectivity index (χ2n) is 23.4. The summed E-state index contributed by atoms with van der Waals surface area (Å²) >= 11 is 0. The minimum Gasteiger partial charge on any atom is -0.462 e.